The van der Waals surface area contributed by atoms with Gasteiger partial charge in [0.1, 0.15) is 0 Å². The number of esters is 1. The fourth-order valence-electron chi connectivity index (χ4n) is 2.54. The summed E-state index contributed by atoms with van der Waals surface area (Å²) in [7, 11) is 0. The molecule has 1 heterocycles. The second-order valence-electron chi connectivity index (χ2n) is 5.51. The Morgan fingerprint density at radius 3 is 2.48 bits per heavy atom. The van der Waals surface area contributed by atoms with Crippen LogP contribution in [0.25, 0.3) is 5.69 Å². The Balaban J connectivity index is 2.15. The summed E-state index contributed by atoms with van der Waals surface area (Å²) >= 11 is 3.42. The Labute approximate surface area is 155 Å². The number of ketones is 1. The molecule has 0 saturated heterocycles. The van der Waals surface area contributed by atoms with Crippen molar-refractivity contribution in [3.8, 4) is 5.69 Å². The van der Waals surface area contributed by atoms with E-state index in [9.17, 15) is 9.59 Å². The Morgan fingerprint density at radius 2 is 1.84 bits per heavy atom. The van der Waals surface area contributed by atoms with Gasteiger partial charge < -0.3 is 9.30 Å². The summed E-state index contributed by atoms with van der Waals surface area (Å²) in [5, 5.41) is 0. The largest absolute Gasteiger partial charge is 0.454 e. The minimum Gasteiger partial charge on any atom is -0.454 e. The molecule has 0 saturated carbocycles. The van der Waals surface area contributed by atoms with Crippen LogP contribution in [0.1, 0.15) is 28.7 Å². The number of rotatable bonds is 6. The van der Waals surface area contributed by atoms with Crippen molar-refractivity contribution in [1.82, 2.24) is 4.57 Å². The van der Waals surface area contributed by atoms with Crippen LogP contribution in [0.2, 0.25) is 0 Å². The third kappa shape index (κ3) is 4.79. The number of benzene rings is 1. The smallest absolute Gasteiger partial charge is 0.331 e. The van der Waals surface area contributed by atoms with Gasteiger partial charge in [0.05, 0.1) is 0 Å². The molecule has 25 heavy (non-hydrogen) atoms. The van der Waals surface area contributed by atoms with Crippen LogP contribution >= 0.6 is 15.9 Å². The molecule has 0 fully saturated rings. The number of hydrogen-bond donors (Lipinski definition) is 0. The van der Waals surface area contributed by atoms with Crippen molar-refractivity contribution >= 4 is 27.7 Å². The van der Waals surface area contributed by atoms with E-state index in [1.165, 1.54) is 6.08 Å². The van der Waals surface area contributed by atoms with Crippen LogP contribution in [0, 0.1) is 13.8 Å². The minimum absolute atomic E-state index is 0.218. The Kier molecular flexibility index (Phi) is 6.53. The SMILES string of the molecule is CC=CC=CC(=O)OCC(=O)c1cc(C)n(-c2ccc(Br)cc2)c1C. The molecule has 0 unspecified atom stereocenters. The number of aromatic nitrogens is 1. The van der Waals surface area contributed by atoms with Crippen molar-refractivity contribution < 1.29 is 14.3 Å². The number of ether oxygens (including phenoxy) is 1. The van der Waals surface area contributed by atoms with Crippen LogP contribution in [0.4, 0.5) is 0 Å². The lowest BCUT2D eigenvalue weighted by atomic mass is 10.1. The summed E-state index contributed by atoms with van der Waals surface area (Å²) in [6.07, 6.45) is 6.38. The summed E-state index contributed by atoms with van der Waals surface area (Å²) < 4.78 is 8.01. The molecule has 0 spiro atoms. The van der Waals surface area contributed by atoms with Gasteiger partial charge in [-0.15, -0.1) is 0 Å². The van der Waals surface area contributed by atoms with E-state index >= 15 is 0 Å². The fourth-order valence-corrected chi connectivity index (χ4v) is 2.80. The van der Waals surface area contributed by atoms with Gasteiger partial charge in [0.25, 0.3) is 0 Å². The van der Waals surface area contributed by atoms with Crippen LogP contribution in [-0.4, -0.2) is 22.9 Å². The van der Waals surface area contributed by atoms with Crippen LogP contribution in [-0.2, 0) is 9.53 Å². The van der Waals surface area contributed by atoms with Crippen LogP contribution in [0.3, 0.4) is 0 Å². The molecule has 0 aliphatic rings. The summed E-state index contributed by atoms with van der Waals surface area (Å²) in [6, 6.07) is 9.68. The Hall–Kier alpha value is -2.40. The van der Waals surface area contributed by atoms with E-state index in [-0.39, 0.29) is 12.4 Å². The predicted octanol–water partition coefficient (Wildman–Crippen LogP) is 4.71. The van der Waals surface area contributed by atoms with Crippen LogP contribution in [0.5, 0.6) is 0 Å². The molecule has 4 nitrogen and oxygen atoms in total. The molecular formula is C20H20BrNO3. The van der Waals surface area contributed by atoms with Gasteiger partial charge in [0, 0.05) is 33.2 Å². The summed E-state index contributed by atoms with van der Waals surface area (Å²) in [5.41, 5.74) is 3.31. The van der Waals surface area contributed by atoms with Crippen LogP contribution < -0.4 is 0 Å². The van der Waals surface area contributed by atoms with Crippen molar-refractivity contribution in [2.75, 3.05) is 6.61 Å². The second-order valence-corrected chi connectivity index (χ2v) is 6.43. The summed E-state index contributed by atoms with van der Waals surface area (Å²) in [4.78, 5) is 24.0. The van der Waals surface area contributed by atoms with Gasteiger partial charge in [-0.25, -0.2) is 4.79 Å². The van der Waals surface area contributed by atoms with Gasteiger partial charge in [-0.3, -0.25) is 4.79 Å². The Bertz CT molecular complexity index is 829. The first-order chi connectivity index (χ1) is 11.9. The van der Waals surface area contributed by atoms with Gasteiger partial charge in [0.2, 0.25) is 5.78 Å². The average molecular weight is 402 g/mol. The van der Waals surface area contributed by atoms with Crippen molar-refractivity contribution in [3.63, 3.8) is 0 Å². The summed E-state index contributed by atoms with van der Waals surface area (Å²) in [5.74, 6) is -0.752. The average Bonchev–Trinajstić information content (AvgIpc) is 2.88. The number of carbonyl (C=O) groups is 2. The number of hydrogen-bond acceptors (Lipinski definition) is 3. The van der Waals surface area contributed by atoms with E-state index in [0.29, 0.717) is 5.56 Å². The molecule has 0 N–H and O–H groups in total. The van der Waals surface area contributed by atoms with Gasteiger partial charge in [0.15, 0.2) is 6.61 Å². The number of halogens is 1. The first-order valence-corrected chi connectivity index (χ1v) is 8.67. The maximum absolute atomic E-state index is 12.4. The van der Waals surface area contributed by atoms with E-state index in [1.807, 2.05) is 55.7 Å². The van der Waals surface area contributed by atoms with Crippen molar-refractivity contribution in [2.45, 2.75) is 20.8 Å². The van der Waals surface area contributed by atoms with Crippen molar-refractivity contribution in [1.29, 1.82) is 0 Å². The first kappa shape index (κ1) is 18.9. The maximum Gasteiger partial charge on any atom is 0.331 e. The fraction of sp³-hybridized carbons (Fsp3) is 0.200. The molecule has 0 radical (unpaired) electrons. The molecular weight excluding hydrogens is 382 g/mol. The highest BCUT2D eigenvalue weighted by Crippen LogP contribution is 2.22. The molecule has 2 aromatic rings. The topological polar surface area (TPSA) is 48.3 Å². The lowest BCUT2D eigenvalue weighted by molar-refractivity contribution is -0.136. The van der Waals surface area contributed by atoms with Gasteiger partial charge in [-0.2, -0.15) is 0 Å². The summed E-state index contributed by atoms with van der Waals surface area (Å²) in [6.45, 7) is 5.40. The highest BCUT2D eigenvalue weighted by molar-refractivity contribution is 9.10. The quantitative estimate of drug-likeness (QED) is 0.304. The standard InChI is InChI=1S/C20H20BrNO3/c1-4-5-6-7-20(24)25-13-19(23)18-12-14(2)22(15(18)3)17-10-8-16(21)9-11-17/h4-12H,13H2,1-3H3. The van der Waals surface area contributed by atoms with Crippen molar-refractivity contribution in [3.05, 3.63) is 76.1 Å². The normalized spacial score (nSPS) is 11.4. The minimum atomic E-state index is -0.534. The van der Waals surface area contributed by atoms with Gasteiger partial charge in [-0.05, 0) is 51.1 Å². The van der Waals surface area contributed by atoms with E-state index < -0.39 is 5.97 Å². The number of Topliss-reactive ketones (excluding diaryl/α,β-unsaturated/α-hetero) is 1. The molecule has 5 heteroatoms. The third-order valence-corrected chi connectivity index (χ3v) is 4.23. The van der Waals surface area contributed by atoms with Gasteiger partial charge >= 0.3 is 5.97 Å². The zero-order valence-electron chi connectivity index (χ0n) is 14.5. The molecule has 0 amide bonds. The van der Waals surface area contributed by atoms with E-state index in [1.54, 1.807) is 18.2 Å². The van der Waals surface area contributed by atoms with E-state index in [4.69, 9.17) is 4.74 Å². The monoisotopic (exact) mass is 401 g/mol. The second kappa shape index (κ2) is 8.62. The lowest BCUT2D eigenvalue weighted by Crippen LogP contribution is -2.13. The number of carbonyl (C=O) groups excluding carboxylic acids is 2. The van der Waals surface area contributed by atoms with Crippen LogP contribution in [0.15, 0.2) is 59.1 Å². The zero-order valence-corrected chi connectivity index (χ0v) is 16.0. The Morgan fingerprint density at radius 1 is 1.16 bits per heavy atom. The molecule has 1 aromatic carbocycles. The lowest BCUT2D eigenvalue weighted by Gasteiger charge is -2.10. The molecule has 0 bridgehead atoms. The predicted molar refractivity (Wildman–Crippen MR) is 102 cm³/mol. The molecule has 130 valence electrons. The van der Waals surface area contributed by atoms with E-state index in [0.717, 1.165) is 21.5 Å². The molecule has 0 aliphatic carbocycles. The highest BCUT2D eigenvalue weighted by Gasteiger charge is 2.17. The number of nitrogens with zero attached hydrogens (tertiary/aromatic N) is 1. The molecule has 0 aliphatic heterocycles. The zero-order chi connectivity index (χ0) is 18.4. The highest BCUT2D eigenvalue weighted by atomic mass is 79.9. The number of aryl methyl sites for hydroxylation is 1. The van der Waals surface area contributed by atoms with Gasteiger partial charge in [-0.1, -0.05) is 34.2 Å². The third-order valence-electron chi connectivity index (χ3n) is 3.70. The first-order valence-electron chi connectivity index (χ1n) is 7.88. The molecule has 1 aromatic heterocycles. The van der Waals surface area contributed by atoms with E-state index in [2.05, 4.69) is 15.9 Å². The molecule has 0 atom stereocenters. The maximum atomic E-state index is 12.4. The van der Waals surface area contributed by atoms with Crippen molar-refractivity contribution in [2.24, 2.45) is 0 Å². The number of allylic oxidation sites excluding steroid dienone is 3. The molecule has 2 rings (SSSR count).